The van der Waals surface area contributed by atoms with Crippen molar-refractivity contribution in [2.45, 2.75) is 12.8 Å². The van der Waals surface area contributed by atoms with Gasteiger partial charge in [-0.3, -0.25) is 14.8 Å². The predicted octanol–water partition coefficient (Wildman–Crippen LogP) is 4.75. The van der Waals surface area contributed by atoms with Crippen LogP contribution in [-0.2, 0) is 6.42 Å². The molecule has 0 amide bonds. The molecule has 2 aromatic heterocycles. The van der Waals surface area contributed by atoms with Crippen molar-refractivity contribution >= 4 is 50.7 Å². The molecule has 0 aliphatic carbocycles. The van der Waals surface area contributed by atoms with Gasteiger partial charge in [0.25, 0.3) is 5.24 Å². The van der Waals surface area contributed by atoms with Crippen molar-refractivity contribution in [2.24, 2.45) is 0 Å². The monoisotopic (exact) mass is 357 g/mol. The van der Waals surface area contributed by atoms with E-state index in [0.717, 1.165) is 47.4 Å². The van der Waals surface area contributed by atoms with Crippen LogP contribution >= 0.6 is 23.2 Å². The van der Waals surface area contributed by atoms with E-state index in [1.54, 1.807) is 0 Å². The minimum atomic E-state index is -0.602. The Morgan fingerprint density at radius 1 is 1.21 bits per heavy atom. The van der Waals surface area contributed by atoms with E-state index in [-0.39, 0.29) is 5.56 Å². The van der Waals surface area contributed by atoms with Crippen molar-refractivity contribution in [3.8, 4) is 0 Å². The molecule has 120 valence electrons. The Bertz CT molecular complexity index is 958. The summed E-state index contributed by atoms with van der Waals surface area (Å²) >= 11 is 11.8. The first-order valence-corrected chi connectivity index (χ1v) is 8.40. The number of pyridine rings is 2. The molecular formula is C18H13Cl2N3O. The van der Waals surface area contributed by atoms with Crippen molar-refractivity contribution < 1.29 is 4.79 Å². The first-order chi connectivity index (χ1) is 11.6. The highest BCUT2D eigenvalue weighted by atomic mass is 35.5. The van der Waals surface area contributed by atoms with E-state index >= 15 is 0 Å². The molecule has 0 radical (unpaired) electrons. The smallest absolute Gasteiger partial charge is 0.255 e. The predicted molar refractivity (Wildman–Crippen MR) is 96.5 cm³/mol. The van der Waals surface area contributed by atoms with Crippen LogP contribution in [0.1, 0.15) is 22.5 Å². The summed E-state index contributed by atoms with van der Waals surface area (Å²) < 4.78 is 0. The molecule has 0 saturated heterocycles. The van der Waals surface area contributed by atoms with Gasteiger partial charge in [0, 0.05) is 30.0 Å². The van der Waals surface area contributed by atoms with Gasteiger partial charge in [0.2, 0.25) is 0 Å². The number of hydrogen-bond donors (Lipinski definition) is 0. The lowest BCUT2D eigenvalue weighted by Crippen LogP contribution is -2.25. The van der Waals surface area contributed by atoms with Crippen molar-refractivity contribution in [1.29, 1.82) is 0 Å². The Balaban J connectivity index is 1.82. The standard InChI is InChI=1S/C18H13Cl2N3O/c19-17-12-6-5-11(9-15(12)22-10-13(17)18(20)24)23-8-2-3-14-16(23)4-1-7-21-14/h1,4-7,9-10H,2-3,8H2. The zero-order chi connectivity index (χ0) is 16.7. The molecule has 0 unspecified atom stereocenters. The molecule has 0 saturated carbocycles. The molecule has 1 aromatic carbocycles. The average Bonchev–Trinajstić information content (AvgIpc) is 2.61. The fraction of sp³-hybridized carbons (Fsp3) is 0.167. The number of hydrogen-bond acceptors (Lipinski definition) is 4. The normalized spacial score (nSPS) is 13.8. The summed E-state index contributed by atoms with van der Waals surface area (Å²) in [5.74, 6) is 0. The van der Waals surface area contributed by atoms with Crippen LogP contribution in [0.5, 0.6) is 0 Å². The van der Waals surface area contributed by atoms with Crippen molar-refractivity contribution in [1.82, 2.24) is 9.97 Å². The van der Waals surface area contributed by atoms with E-state index in [4.69, 9.17) is 23.2 Å². The maximum atomic E-state index is 11.4. The molecular weight excluding hydrogens is 345 g/mol. The van der Waals surface area contributed by atoms with Gasteiger partial charge >= 0.3 is 0 Å². The zero-order valence-electron chi connectivity index (χ0n) is 12.7. The molecule has 4 rings (SSSR count). The molecule has 0 fully saturated rings. The number of halogens is 2. The van der Waals surface area contributed by atoms with Crippen molar-refractivity contribution in [3.63, 3.8) is 0 Å². The summed E-state index contributed by atoms with van der Waals surface area (Å²) in [5.41, 5.74) is 4.23. The lowest BCUT2D eigenvalue weighted by Gasteiger charge is -2.30. The lowest BCUT2D eigenvalue weighted by atomic mass is 10.1. The van der Waals surface area contributed by atoms with E-state index in [9.17, 15) is 4.79 Å². The van der Waals surface area contributed by atoms with Crippen LogP contribution in [0.4, 0.5) is 11.4 Å². The van der Waals surface area contributed by atoms with Gasteiger partial charge in [-0.15, -0.1) is 0 Å². The molecule has 3 heterocycles. The summed E-state index contributed by atoms with van der Waals surface area (Å²) in [4.78, 5) is 22.4. The number of carbonyl (C=O) groups is 1. The fourth-order valence-electron chi connectivity index (χ4n) is 3.11. The Hall–Kier alpha value is -2.17. The number of fused-ring (bicyclic) bond motifs is 2. The number of aryl methyl sites for hydroxylation is 1. The number of aromatic nitrogens is 2. The van der Waals surface area contributed by atoms with Crippen molar-refractivity contribution in [3.05, 3.63) is 59.0 Å². The highest BCUT2D eigenvalue weighted by molar-refractivity contribution is 6.69. The molecule has 0 N–H and O–H groups in total. The summed E-state index contributed by atoms with van der Waals surface area (Å²) in [6, 6.07) is 9.88. The maximum absolute atomic E-state index is 11.4. The second-order valence-electron chi connectivity index (χ2n) is 5.69. The lowest BCUT2D eigenvalue weighted by molar-refractivity contribution is 0.108. The third kappa shape index (κ3) is 2.52. The fourth-order valence-corrected chi connectivity index (χ4v) is 3.60. The Morgan fingerprint density at radius 2 is 2.08 bits per heavy atom. The van der Waals surface area contributed by atoms with Gasteiger partial charge in [0.15, 0.2) is 0 Å². The first-order valence-electron chi connectivity index (χ1n) is 7.64. The molecule has 3 aromatic rings. The van der Waals surface area contributed by atoms with E-state index in [2.05, 4.69) is 20.9 Å². The minimum Gasteiger partial charge on any atom is -0.340 e. The van der Waals surface area contributed by atoms with E-state index in [0.29, 0.717) is 5.02 Å². The third-order valence-electron chi connectivity index (χ3n) is 4.26. The number of anilines is 2. The van der Waals surface area contributed by atoms with Crippen LogP contribution < -0.4 is 4.90 Å². The zero-order valence-corrected chi connectivity index (χ0v) is 14.2. The van der Waals surface area contributed by atoms with Gasteiger partial charge in [-0.2, -0.15) is 0 Å². The second kappa shape index (κ2) is 6.04. The van der Waals surface area contributed by atoms with Crippen LogP contribution in [0.25, 0.3) is 10.9 Å². The summed E-state index contributed by atoms with van der Waals surface area (Å²) in [6.07, 6.45) is 5.30. The Morgan fingerprint density at radius 3 is 2.92 bits per heavy atom. The third-order valence-corrected chi connectivity index (χ3v) is 4.87. The van der Waals surface area contributed by atoms with E-state index < -0.39 is 5.24 Å². The second-order valence-corrected chi connectivity index (χ2v) is 6.41. The number of nitrogens with zero attached hydrogens (tertiary/aromatic N) is 3. The molecule has 1 aliphatic heterocycles. The van der Waals surface area contributed by atoms with Gasteiger partial charge in [0.05, 0.1) is 27.5 Å². The maximum Gasteiger partial charge on any atom is 0.255 e. The summed E-state index contributed by atoms with van der Waals surface area (Å²) in [7, 11) is 0. The van der Waals surface area contributed by atoms with Crippen LogP contribution in [0.15, 0.2) is 42.7 Å². The molecule has 0 bridgehead atoms. The Kier molecular flexibility index (Phi) is 3.87. The molecule has 1 aliphatic rings. The number of carbonyl (C=O) groups excluding carboxylic acids is 1. The number of benzene rings is 1. The van der Waals surface area contributed by atoms with E-state index in [1.165, 1.54) is 6.20 Å². The quantitative estimate of drug-likeness (QED) is 0.621. The van der Waals surface area contributed by atoms with Gasteiger partial charge in [-0.1, -0.05) is 11.6 Å². The topological polar surface area (TPSA) is 46.1 Å². The van der Waals surface area contributed by atoms with Crippen LogP contribution in [0, 0.1) is 0 Å². The van der Waals surface area contributed by atoms with Crippen LogP contribution in [0.2, 0.25) is 5.02 Å². The largest absolute Gasteiger partial charge is 0.340 e. The minimum absolute atomic E-state index is 0.228. The molecule has 24 heavy (non-hydrogen) atoms. The van der Waals surface area contributed by atoms with Gasteiger partial charge < -0.3 is 4.90 Å². The highest BCUT2D eigenvalue weighted by Gasteiger charge is 2.20. The first kappa shape index (κ1) is 15.4. The SMILES string of the molecule is O=C(Cl)c1cnc2cc(N3CCCc4ncccc43)ccc2c1Cl. The highest BCUT2D eigenvalue weighted by Crippen LogP contribution is 2.35. The average molecular weight is 358 g/mol. The van der Waals surface area contributed by atoms with Crippen LogP contribution in [-0.4, -0.2) is 21.8 Å². The summed E-state index contributed by atoms with van der Waals surface area (Å²) in [6.45, 7) is 0.927. The van der Waals surface area contributed by atoms with Gasteiger partial charge in [-0.25, -0.2) is 0 Å². The molecule has 4 nitrogen and oxygen atoms in total. The van der Waals surface area contributed by atoms with Crippen molar-refractivity contribution in [2.75, 3.05) is 11.4 Å². The van der Waals surface area contributed by atoms with E-state index in [1.807, 2.05) is 30.5 Å². The number of rotatable bonds is 2. The molecule has 6 heteroatoms. The van der Waals surface area contributed by atoms with Gasteiger partial charge in [0.1, 0.15) is 0 Å². The molecule has 0 atom stereocenters. The summed E-state index contributed by atoms with van der Waals surface area (Å²) in [5, 5.41) is 0.456. The molecule has 0 spiro atoms. The van der Waals surface area contributed by atoms with Gasteiger partial charge in [-0.05, 0) is 54.8 Å². The van der Waals surface area contributed by atoms with Crippen LogP contribution in [0.3, 0.4) is 0 Å². The Labute approximate surface area is 149 Å².